The molecule has 2 rings (SSSR count). The highest BCUT2D eigenvalue weighted by molar-refractivity contribution is 6.06. The van der Waals surface area contributed by atoms with E-state index in [0.717, 1.165) is 0 Å². The van der Waals surface area contributed by atoms with Crippen LogP contribution in [0.2, 0.25) is 0 Å². The Hall–Kier alpha value is -1.06. The first-order valence-electron chi connectivity index (χ1n) is 3.86. The standard InChI is InChI=1S/C8H10O4/c1-7(2)4-3-12-6(11)8(4,7)5(9)10/h4H,3H2,1-2H3,(H,9,10)/t4-,8-/m1/s1. The second kappa shape index (κ2) is 1.65. The molecule has 1 N–H and O–H groups in total. The molecule has 2 atom stereocenters. The summed E-state index contributed by atoms with van der Waals surface area (Å²) in [6.07, 6.45) is 0. The van der Waals surface area contributed by atoms with Crippen molar-refractivity contribution in [2.45, 2.75) is 13.8 Å². The van der Waals surface area contributed by atoms with E-state index in [1.54, 1.807) is 13.8 Å². The highest BCUT2D eigenvalue weighted by Gasteiger charge is 2.84. The molecule has 1 aliphatic heterocycles. The lowest BCUT2D eigenvalue weighted by molar-refractivity contribution is -0.158. The minimum absolute atomic E-state index is 0.130. The van der Waals surface area contributed by atoms with Crippen LogP contribution >= 0.6 is 0 Å². The molecule has 0 amide bonds. The van der Waals surface area contributed by atoms with Crippen LogP contribution in [0.25, 0.3) is 0 Å². The number of carboxylic acid groups (broad SMARTS) is 1. The number of esters is 1. The lowest BCUT2D eigenvalue weighted by Gasteiger charge is -2.12. The molecule has 1 aliphatic carbocycles. The largest absolute Gasteiger partial charge is 0.480 e. The number of carbonyl (C=O) groups excluding carboxylic acids is 1. The second-order valence-corrected chi connectivity index (χ2v) is 3.99. The first-order valence-corrected chi connectivity index (χ1v) is 3.86. The molecule has 4 heteroatoms. The summed E-state index contributed by atoms with van der Waals surface area (Å²) in [6, 6.07) is 0. The van der Waals surface area contributed by atoms with Gasteiger partial charge in [0.2, 0.25) is 0 Å². The molecule has 0 bridgehead atoms. The zero-order chi connectivity index (χ0) is 9.15. The summed E-state index contributed by atoms with van der Waals surface area (Å²) >= 11 is 0. The zero-order valence-corrected chi connectivity index (χ0v) is 6.96. The highest BCUT2D eigenvalue weighted by Crippen LogP contribution is 2.72. The van der Waals surface area contributed by atoms with Crippen molar-refractivity contribution in [1.82, 2.24) is 0 Å². The van der Waals surface area contributed by atoms with Gasteiger partial charge in [-0.05, 0) is 5.41 Å². The van der Waals surface area contributed by atoms with E-state index in [2.05, 4.69) is 0 Å². The number of carboxylic acids is 1. The summed E-state index contributed by atoms with van der Waals surface area (Å²) in [5.41, 5.74) is -1.65. The van der Waals surface area contributed by atoms with Crippen LogP contribution < -0.4 is 0 Å². The fourth-order valence-electron chi connectivity index (χ4n) is 2.39. The maximum absolute atomic E-state index is 11.2. The fraction of sp³-hybridized carbons (Fsp3) is 0.750. The zero-order valence-electron chi connectivity index (χ0n) is 6.96. The third kappa shape index (κ3) is 0.462. The Morgan fingerprint density at radius 3 is 2.50 bits per heavy atom. The average molecular weight is 170 g/mol. The molecule has 1 heterocycles. The van der Waals surface area contributed by atoms with E-state index in [-0.39, 0.29) is 12.5 Å². The summed E-state index contributed by atoms with van der Waals surface area (Å²) in [5, 5.41) is 8.92. The van der Waals surface area contributed by atoms with Crippen LogP contribution in [0, 0.1) is 16.7 Å². The summed E-state index contributed by atoms with van der Waals surface area (Å²) in [4.78, 5) is 22.1. The van der Waals surface area contributed by atoms with Gasteiger partial charge >= 0.3 is 11.9 Å². The van der Waals surface area contributed by atoms with Gasteiger partial charge in [0, 0.05) is 5.92 Å². The summed E-state index contributed by atoms with van der Waals surface area (Å²) in [7, 11) is 0. The molecule has 0 aromatic carbocycles. The number of aliphatic carboxylic acids is 1. The first kappa shape index (κ1) is 7.58. The highest BCUT2D eigenvalue weighted by atomic mass is 16.5. The molecule has 1 saturated carbocycles. The molecular weight excluding hydrogens is 160 g/mol. The van der Waals surface area contributed by atoms with Crippen molar-refractivity contribution in [1.29, 1.82) is 0 Å². The number of rotatable bonds is 1. The van der Waals surface area contributed by atoms with Gasteiger partial charge in [-0.25, -0.2) is 0 Å². The Kier molecular flexibility index (Phi) is 1.04. The average Bonchev–Trinajstić information content (AvgIpc) is 2.31. The summed E-state index contributed by atoms with van der Waals surface area (Å²) in [5.74, 6) is -1.74. The Balaban J connectivity index is 2.46. The smallest absolute Gasteiger partial charge is 0.324 e. The lowest BCUT2D eigenvalue weighted by atomic mass is 9.96. The van der Waals surface area contributed by atoms with Gasteiger partial charge in [0.05, 0.1) is 6.61 Å². The summed E-state index contributed by atoms with van der Waals surface area (Å²) < 4.78 is 4.70. The molecule has 12 heavy (non-hydrogen) atoms. The van der Waals surface area contributed by atoms with Crippen LogP contribution in [0.15, 0.2) is 0 Å². The van der Waals surface area contributed by atoms with E-state index in [1.165, 1.54) is 0 Å². The maximum atomic E-state index is 11.2. The molecule has 2 fully saturated rings. The molecule has 0 aromatic heterocycles. The van der Waals surface area contributed by atoms with Gasteiger partial charge in [-0.2, -0.15) is 0 Å². The second-order valence-electron chi connectivity index (χ2n) is 3.99. The fourth-order valence-corrected chi connectivity index (χ4v) is 2.39. The quantitative estimate of drug-likeness (QED) is 0.453. The predicted octanol–water partition coefficient (Wildman–Crippen LogP) is 0.270. The van der Waals surface area contributed by atoms with Gasteiger partial charge in [0.1, 0.15) is 0 Å². The van der Waals surface area contributed by atoms with Gasteiger partial charge in [-0.15, -0.1) is 0 Å². The van der Waals surface area contributed by atoms with Crippen molar-refractivity contribution in [3.05, 3.63) is 0 Å². The summed E-state index contributed by atoms with van der Waals surface area (Å²) in [6.45, 7) is 3.86. The van der Waals surface area contributed by atoms with E-state index in [1.807, 2.05) is 0 Å². The molecule has 0 unspecified atom stereocenters. The number of cyclic esters (lactones) is 1. The lowest BCUT2D eigenvalue weighted by Crippen LogP contribution is -2.29. The number of hydrogen-bond donors (Lipinski definition) is 1. The SMILES string of the molecule is CC1(C)[C@H]2COC(=O)[C@]21C(=O)O. The Morgan fingerprint density at radius 2 is 2.25 bits per heavy atom. The molecule has 0 spiro atoms. The van der Waals surface area contributed by atoms with Crippen LogP contribution in [-0.4, -0.2) is 23.7 Å². The van der Waals surface area contributed by atoms with Crippen molar-refractivity contribution in [3.63, 3.8) is 0 Å². The van der Waals surface area contributed by atoms with Gasteiger partial charge in [-0.3, -0.25) is 9.59 Å². The molecule has 4 nitrogen and oxygen atoms in total. The molecule has 66 valence electrons. The van der Waals surface area contributed by atoms with Crippen molar-refractivity contribution < 1.29 is 19.4 Å². The van der Waals surface area contributed by atoms with Crippen LogP contribution in [0.3, 0.4) is 0 Å². The van der Waals surface area contributed by atoms with Crippen LogP contribution in [0.5, 0.6) is 0 Å². The number of carbonyl (C=O) groups is 2. The molecule has 1 saturated heterocycles. The van der Waals surface area contributed by atoms with Crippen molar-refractivity contribution in [2.24, 2.45) is 16.7 Å². The third-order valence-corrected chi connectivity index (χ3v) is 3.37. The van der Waals surface area contributed by atoms with Crippen molar-refractivity contribution >= 4 is 11.9 Å². The molecule has 0 aromatic rings. The van der Waals surface area contributed by atoms with Gasteiger partial charge in [-0.1, -0.05) is 13.8 Å². The van der Waals surface area contributed by atoms with Crippen LogP contribution in [0.1, 0.15) is 13.8 Å². The third-order valence-electron chi connectivity index (χ3n) is 3.37. The van der Waals surface area contributed by atoms with E-state index >= 15 is 0 Å². The van der Waals surface area contributed by atoms with Crippen molar-refractivity contribution in [2.75, 3.05) is 6.61 Å². The maximum Gasteiger partial charge on any atom is 0.324 e. The Labute approximate surface area is 69.5 Å². The number of fused-ring (bicyclic) bond motifs is 1. The first-order chi connectivity index (χ1) is 5.45. The molecular formula is C8H10O4. The van der Waals surface area contributed by atoms with Gasteiger partial charge in [0.25, 0.3) is 0 Å². The minimum atomic E-state index is -1.23. The van der Waals surface area contributed by atoms with E-state index in [9.17, 15) is 9.59 Å². The van der Waals surface area contributed by atoms with Gasteiger partial charge in [0.15, 0.2) is 5.41 Å². The topological polar surface area (TPSA) is 63.6 Å². The van der Waals surface area contributed by atoms with Crippen LogP contribution in [0.4, 0.5) is 0 Å². The van der Waals surface area contributed by atoms with E-state index < -0.39 is 22.8 Å². The van der Waals surface area contributed by atoms with E-state index in [0.29, 0.717) is 0 Å². The number of ether oxygens (including phenoxy) is 1. The number of hydrogen-bond acceptors (Lipinski definition) is 3. The Bertz CT molecular complexity index is 281. The Morgan fingerprint density at radius 1 is 1.67 bits per heavy atom. The monoisotopic (exact) mass is 170 g/mol. The van der Waals surface area contributed by atoms with Gasteiger partial charge < -0.3 is 9.84 Å². The van der Waals surface area contributed by atoms with Crippen molar-refractivity contribution in [3.8, 4) is 0 Å². The molecule has 2 aliphatic rings. The normalized spacial score (nSPS) is 41.8. The predicted molar refractivity (Wildman–Crippen MR) is 38.3 cm³/mol. The van der Waals surface area contributed by atoms with E-state index in [4.69, 9.17) is 9.84 Å². The molecule has 0 radical (unpaired) electrons. The minimum Gasteiger partial charge on any atom is -0.480 e. The van der Waals surface area contributed by atoms with Crippen LogP contribution in [-0.2, 0) is 14.3 Å².